The Morgan fingerprint density at radius 1 is 1.29 bits per heavy atom. The fraction of sp³-hybridized carbons (Fsp3) is 0.300. The van der Waals surface area contributed by atoms with Gasteiger partial charge in [-0.1, -0.05) is 11.2 Å². The number of carbonyl (C=O) groups excluding carboxylic acids is 1. The minimum atomic E-state index is -0.345. The van der Waals surface area contributed by atoms with E-state index in [-0.39, 0.29) is 29.8 Å². The van der Waals surface area contributed by atoms with Crippen LogP contribution < -0.4 is 10.6 Å². The highest BCUT2D eigenvalue weighted by molar-refractivity contribution is 6.05. The molecule has 1 amide bonds. The van der Waals surface area contributed by atoms with Gasteiger partial charge in [-0.25, -0.2) is 4.39 Å². The minimum Gasteiger partial charge on any atom is -0.360 e. The van der Waals surface area contributed by atoms with Crippen molar-refractivity contribution in [3.63, 3.8) is 0 Å². The summed E-state index contributed by atoms with van der Waals surface area (Å²) in [6, 6.07) is 7.06. The van der Waals surface area contributed by atoms with E-state index < -0.39 is 0 Å². The monoisotopic (exact) mass is 404 g/mol. The Balaban J connectivity index is 0.00000225. The normalized spacial score (nSPS) is 13.0. The number of nitrogens with one attached hydrogen (secondary N) is 2. The van der Waals surface area contributed by atoms with E-state index in [2.05, 4.69) is 15.8 Å². The Labute approximate surface area is 168 Å². The number of hydrogen-bond acceptors (Lipinski definition) is 4. The predicted octanol–water partition coefficient (Wildman–Crippen LogP) is 3.85. The fourth-order valence-electron chi connectivity index (χ4n) is 3.62. The maximum atomic E-state index is 14.8. The average Bonchev–Trinajstić information content (AvgIpc) is 3.20. The first kappa shape index (κ1) is 20.1. The van der Waals surface area contributed by atoms with E-state index in [1.807, 2.05) is 31.4 Å². The van der Waals surface area contributed by atoms with Gasteiger partial charge in [0, 0.05) is 24.0 Å². The van der Waals surface area contributed by atoms with Crippen molar-refractivity contribution in [3.05, 3.63) is 63.9 Å². The molecule has 0 bridgehead atoms. The molecule has 1 aliphatic rings. The second kappa shape index (κ2) is 7.77. The SMILES string of the molecule is Cc1cc(-n2c(C)cc(C(=O)Nc3ccc4c(c3F)CCNC4)c2C)no1.Cl. The van der Waals surface area contributed by atoms with Crippen LogP contribution in [0.5, 0.6) is 0 Å². The lowest BCUT2D eigenvalue weighted by molar-refractivity contribution is 0.102. The van der Waals surface area contributed by atoms with Crippen LogP contribution in [0, 0.1) is 26.6 Å². The number of amides is 1. The number of halogens is 2. The summed E-state index contributed by atoms with van der Waals surface area (Å²) < 4.78 is 21.8. The molecule has 2 N–H and O–H groups in total. The highest BCUT2D eigenvalue weighted by Gasteiger charge is 2.21. The van der Waals surface area contributed by atoms with Crippen molar-refractivity contribution in [2.24, 2.45) is 0 Å². The molecule has 0 saturated carbocycles. The van der Waals surface area contributed by atoms with Gasteiger partial charge in [0.25, 0.3) is 5.91 Å². The third-order valence-corrected chi connectivity index (χ3v) is 4.98. The number of hydrogen-bond donors (Lipinski definition) is 2. The highest BCUT2D eigenvalue weighted by Crippen LogP contribution is 2.26. The smallest absolute Gasteiger partial charge is 0.257 e. The maximum Gasteiger partial charge on any atom is 0.257 e. The second-order valence-corrected chi connectivity index (χ2v) is 6.86. The van der Waals surface area contributed by atoms with E-state index in [4.69, 9.17) is 4.52 Å². The van der Waals surface area contributed by atoms with Gasteiger partial charge in [0.15, 0.2) is 5.82 Å². The highest BCUT2D eigenvalue weighted by atomic mass is 35.5. The topological polar surface area (TPSA) is 72.1 Å². The first-order valence-electron chi connectivity index (χ1n) is 8.90. The van der Waals surface area contributed by atoms with Crippen molar-refractivity contribution in [1.29, 1.82) is 0 Å². The van der Waals surface area contributed by atoms with E-state index in [1.165, 1.54) is 0 Å². The number of rotatable bonds is 3. The lowest BCUT2D eigenvalue weighted by Gasteiger charge is -2.19. The van der Waals surface area contributed by atoms with Gasteiger partial charge < -0.3 is 15.2 Å². The van der Waals surface area contributed by atoms with Gasteiger partial charge in [0.1, 0.15) is 11.6 Å². The van der Waals surface area contributed by atoms with E-state index in [9.17, 15) is 9.18 Å². The zero-order valence-electron chi connectivity index (χ0n) is 15.9. The number of aryl methyl sites for hydroxylation is 2. The number of aromatic nitrogens is 2. The molecule has 28 heavy (non-hydrogen) atoms. The van der Waals surface area contributed by atoms with Gasteiger partial charge in [0.05, 0.1) is 11.3 Å². The van der Waals surface area contributed by atoms with Gasteiger partial charge in [-0.2, -0.15) is 0 Å². The molecule has 0 fully saturated rings. The summed E-state index contributed by atoms with van der Waals surface area (Å²) in [6.07, 6.45) is 0.616. The van der Waals surface area contributed by atoms with Crippen LogP contribution >= 0.6 is 12.4 Å². The molecule has 6 nitrogen and oxygen atoms in total. The Morgan fingerprint density at radius 2 is 2.07 bits per heavy atom. The van der Waals surface area contributed by atoms with Crippen LogP contribution in [-0.2, 0) is 13.0 Å². The van der Waals surface area contributed by atoms with E-state index >= 15 is 0 Å². The van der Waals surface area contributed by atoms with Crippen LogP contribution in [-0.4, -0.2) is 22.2 Å². The number of nitrogens with zero attached hydrogens (tertiary/aromatic N) is 2. The van der Waals surface area contributed by atoms with E-state index in [1.54, 1.807) is 18.2 Å². The molecule has 3 heterocycles. The molecule has 0 unspecified atom stereocenters. The van der Waals surface area contributed by atoms with Crippen molar-refractivity contribution in [3.8, 4) is 5.82 Å². The maximum absolute atomic E-state index is 14.8. The van der Waals surface area contributed by atoms with Gasteiger partial charge in [-0.3, -0.25) is 9.36 Å². The Hall–Kier alpha value is -2.64. The van der Waals surface area contributed by atoms with Gasteiger partial charge in [0.2, 0.25) is 0 Å². The summed E-state index contributed by atoms with van der Waals surface area (Å²) >= 11 is 0. The molecule has 8 heteroatoms. The number of fused-ring (bicyclic) bond motifs is 1. The molecule has 0 aliphatic carbocycles. The molecule has 1 aliphatic heterocycles. The fourth-order valence-corrected chi connectivity index (χ4v) is 3.62. The number of anilines is 1. The summed E-state index contributed by atoms with van der Waals surface area (Å²) in [5.41, 5.74) is 3.88. The lowest BCUT2D eigenvalue weighted by Crippen LogP contribution is -2.25. The lowest BCUT2D eigenvalue weighted by atomic mass is 9.99. The van der Waals surface area contributed by atoms with Gasteiger partial charge in [-0.05, 0) is 57.0 Å². The quantitative estimate of drug-likeness (QED) is 0.695. The van der Waals surface area contributed by atoms with Crippen molar-refractivity contribution in [1.82, 2.24) is 15.0 Å². The summed E-state index contributed by atoms with van der Waals surface area (Å²) in [5, 5.41) is 9.96. The minimum absolute atomic E-state index is 0. The van der Waals surface area contributed by atoms with Crippen LogP contribution in [0.25, 0.3) is 5.82 Å². The average molecular weight is 405 g/mol. The molecule has 2 aromatic heterocycles. The first-order valence-corrected chi connectivity index (χ1v) is 8.90. The van der Waals surface area contributed by atoms with Crippen LogP contribution in [0.3, 0.4) is 0 Å². The van der Waals surface area contributed by atoms with Crippen molar-refractivity contribution < 1.29 is 13.7 Å². The zero-order chi connectivity index (χ0) is 19.1. The van der Waals surface area contributed by atoms with E-state index in [0.29, 0.717) is 35.7 Å². The molecule has 0 spiro atoms. The Bertz CT molecular complexity index is 1040. The summed E-state index contributed by atoms with van der Waals surface area (Å²) in [7, 11) is 0. The first-order chi connectivity index (χ1) is 13.0. The van der Waals surface area contributed by atoms with Crippen LogP contribution in [0.4, 0.5) is 10.1 Å². The zero-order valence-corrected chi connectivity index (χ0v) is 16.7. The molecular formula is C20H22ClFN4O2. The van der Waals surface area contributed by atoms with Crippen LogP contribution in [0.1, 0.15) is 38.6 Å². The molecule has 4 rings (SSSR count). The molecule has 148 valence electrons. The van der Waals surface area contributed by atoms with Crippen molar-refractivity contribution in [2.45, 2.75) is 33.7 Å². The van der Waals surface area contributed by atoms with Crippen molar-refractivity contribution in [2.75, 3.05) is 11.9 Å². The summed E-state index contributed by atoms with van der Waals surface area (Å²) in [5.74, 6) is 0.619. The standard InChI is InChI=1S/C20H21FN4O2.ClH/c1-11-8-16(13(3)25(11)18-9-12(2)27-24-18)20(26)23-17-5-4-14-10-22-7-6-15(14)19(17)21;/h4-5,8-9,22H,6-7,10H2,1-3H3,(H,23,26);1H. The molecule has 0 radical (unpaired) electrons. The van der Waals surface area contributed by atoms with E-state index in [0.717, 1.165) is 23.5 Å². The number of benzene rings is 1. The number of carbonyl (C=O) groups is 1. The molecule has 3 aromatic rings. The third-order valence-electron chi connectivity index (χ3n) is 4.98. The van der Waals surface area contributed by atoms with Gasteiger partial charge in [-0.15, -0.1) is 12.4 Å². The Morgan fingerprint density at radius 3 is 2.79 bits per heavy atom. The summed E-state index contributed by atoms with van der Waals surface area (Å²) in [4.78, 5) is 12.8. The summed E-state index contributed by atoms with van der Waals surface area (Å²) in [6.45, 7) is 6.92. The second-order valence-electron chi connectivity index (χ2n) is 6.86. The van der Waals surface area contributed by atoms with Crippen LogP contribution in [0.15, 0.2) is 28.8 Å². The largest absolute Gasteiger partial charge is 0.360 e. The van der Waals surface area contributed by atoms with Gasteiger partial charge >= 0.3 is 0 Å². The predicted molar refractivity (Wildman–Crippen MR) is 107 cm³/mol. The Kier molecular flexibility index (Phi) is 5.58. The third kappa shape index (κ3) is 3.43. The van der Waals surface area contributed by atoms with Crippen LogP contribution in [0.2, 0.25) is 0 Å². The molecule has 1 aromatic carbocycles. The molecule has 0 atom stereocenters. The molecular weight excluding hydrogens is 383 g/mol. The molecule has 0 saturated heterocycles. The van der Waals surface area contributed by atoms with Crippen molar-refractivity contribution >= 4 is 24.0 Å².